The van der Waals surface area contributed by atoms with Crippen molar-refractivity contribution in [1.29, 1.82) is 0 Å². The average Bonchev–Trinajstić information content (AvgIpc) is 2.42. The molecule has 0 fully saturated rings. The van der Waals surface area contributed by atoms with Gasteiger partial charge in [-0.3, -0.25) is 4.98 Å². The fourth-order valence-electron chi connectivity index (χ4n) is 2.66. The van der Waals surface area contributed by atoms with Crippen LogP contribution in [0.5, 0.6) is 0 Å². The highest BCUT2D eigenvalue weighted by molar-refractivity contribution is 6.61. The van der Waals surface area contributed by atoms with Gasteiger partial charge in [-0.05, 0) is 29.1 Å². The molecular formula is C18H32NSi. The van der Waals surface area contributed by atoms with Crippen LogP contribution in [0.1, 0.15) is 66.0 Å². The summed E-state index contributed by atoms with van der Waals surface area (Å²) in [6.45, 7) is 11.9. The third-order valence-electron chi connectivity index (χ3n) is 4.26. The molecule has 113 valence electrons. The highest BCUT2D eigenvalue weighted by Gasteiger charge is 2.29. The number of unbranched alkanes of at least 4 members (excludes halogenated alkanes) is 1. The Morgan fingerprint density at radius 3 is 2.45 bits per heavy atom. The molecule has 1 radical (unpaired) electrons. The first-order valence-electron chi connectivity index (χ1n) is 8.22. The van der Waals surface area contributed by atoms with Crippen LogP contribution in [0, 0.1) is 5.92 Å². The molecule has 1 heterocycles. The molecule has 2 heteroatoms. The van der Waals surface area contributed by atoms with E-state index in [0.29, 0.717) is 5.04 Å². The lowest BCUT2D eigenvalue weighted by molar-refractivity contribution is 0.481. The quantitative estimate of drug-likeness (QED) is 0.562. The Bertz CT molecular complexity index is 355. The van der Waals surface area contributed by atoms with Crippen molar-refractivity contribution < 1.29 is 0 Å². The van der Waals surface area contributed by atoms with Crippen molar-refractivity contribution in [2.45, 2.75) is 77.4 Å². The van der Waals surface area contributed by atoms with Gasteiger partial charge >= 0.3 is 0 Å². The van der Waals surface area contributed by atoms with Gasteiger partial charge in [0.05, 0.1) is 8.80 Å². The summed E-state index contributed by atoms with van der Waals surface area (Å²) in [6.07, 6.45) is 7.41. The van der Waals surface area contributed by atoms with E-state index in [-0.39, 0.29) is 0 Å². The predicted octanol–water partition coefficient (Wildman–Crippen LogP) is 5.67. The zero-order valence-electron chi connectivity index (χ0n) is 14.1. The van der Waals surface area contributed by atoms with E-state index in [4.69, 9.17) is 0 Å². The van der Waals surface area contributed by atoms with Crippen molar-refractivity contribution in [2.75, 3.05) is 0 Å². The largest absolute Gasteiger partial charge is 0.262 e. The molecule has 1 atom stereocenters. The van der Waals surface area contributed by atoms with E-state index in [0.717, 1.165) is 5.92 Å². The number of nitrogens with zero attached hydrogens (tertiary/aromatic N) is 1. The maximum atomic E-state index is 4.55. The molecule has 0 bridgehead atoms. The Kier molecular flexibility index (Phi) is 7.50. The maximum absolute atomic E-state index is 4.55. The molecular weight excluding hydrogens is 258 g/mol. The summed E-state index contributed by atoms with van der Waals surface area (Å²) in [5.74, 6) is 0.923. The van der Waals surface area contributed by atoms with E-state index in [1.54, 1.807) is 0 Å². The van der Waals surface area contributed by atoms with E-state index in [1.807, 2.05) is 12.3 Å². The molecule has 1 aromatic rings. The van der Waals surface area contributed by atoms with Gasteiger partial charge in [-0.25, -0.2) is 0 Å². The van der Waals surface area contributed by atoms with Crippen molar-refractivity contribution in [1.82, 2.24) is 4.98 Å². The predicted molar refractivity (Wildman–Crippen MR) is 91.5 cm³/mol. The zero-order valence-corrected chi connectivity index (χ0v) is 15.1. The Hall–Kier alpha value is -0.633. The summed E-state index contributed by atoms with van der Waals surface area (Å²) in [4.78, 5) is 4.55. The highest BCUT2D eigenvalue weighted by atomic mass is 28.3. The van der Waals surface area contributed by atoms with Crippen LogP contribution in [0.4, 0.5) is 0 Å². The summed E-state index contributed by atoms with van der Waals surface area (Å²) in [5, 5.41) is 0.460. The van der Waals surface area contributed by atoms with E-state index >= 15 is 0 Å². The molecule has 20 heavy (non-hydrogen) atoms. The van der Waals surface area contributed by atoms with Gasteiger partial charge < -0.3 is 0 Å². The first-order valence-corrected chi connectivity index (χ1v) is 10.1. The molecule has 1 unspecified atom stereocenters. The maximum Gasteiger partial charge on any atom is 0.0605 e. The van der Waals surface area contributed by atoms with Crippen molar-refractivity contribution in [3.05, 3.63) is 30.1 Å². The second-order valence-corrected chi connectivity index (χ2v) is 10.4. The molecule has 0 N–H and O–H groups in total. The van der Waals surface area contributed by atoms with Crippen molar-refractivity contribution in [3.63, 3.8) is 0 Å². The second kappa shape index (κ2) is 8.61. The topological polar surface area (TPSA) is 12.9 Å². The van der Waals surface area contributed by atoms with Crippen LogP contribution < -0.4 is 0 Å². The summed E-state index contributed by atoms with van der Waals surface area (Å²) in [5.41, 5.74) is 1.29. The van der Waals surface area contributed by atoms with E-state index < -0.39 is 8.80 Å². The molecule has 1 rings (SSSR count). The van der Waals surface area contributed by atoms with Crippen LogP contribution >= 0.6 is 0 Å². The zero-order chi connectivity index (χ0) is 15.0. The SMILES string of the molecule is CCCCC(CC)C[Si](Cc1ccccn1)C(C)(C)C. The van der Waals surface area contributed by atoms with Gasteiger partial charge in [0.1, 0.15) is 0 Å². The number of rotatable bonds is 8. The molecule has 1 nitrogen and oxygen atoms in total. The molecule has 0 amide bonds. The molecule has 0 aliphatic carbocycles. The Morgan fingerprint density at radius 2 is 1.95 bits per heavy atom. The van der Waals surface area contributed by atoms with Gasteiger partial charge in [0.2, 0.25) is 0 Å². The van der Waals surface area contributed by atoms with Gasteiger partial charge in [-0.15, -0.1) is 0 Å². The Labute approximate surface area is 127 Å². The lowest BCUT2D eigenvalue weighted by atomic mass is 10.0. The van der Waals surface area contributed by atoms with Crippen molar-refractivity contribution in [3.8, 4) is 0 Å². The second-order valence-electron chi connectivity index (χ2n) is 6.97. The third kappa shape index (κ3) is 6.21. The lowest BCUT2D eigenvalue weighted by Crippen LogP contribution is -2.31. The number of pyridine rings is 1. The molecule has 0 aliphatic heterocycles. The summed E-state index contributed by atoms with van der Waals surface area (Å²) in [6, 6.07) is 9.00. The van der Waals surface area contributed by atoms with Gasteiger partial charge in [0.15, 0.2) is 0 Å². The smallest absolute Gasteiger partial charge is 0.0605 e. The minimum absolute atomic E-state index is 0.416. The van der Waals surface area contributed by atoms with Crippen molar-refractivity contribution in [2.24, 2.45) is 5.92 Å². The van der Waals surface area contributed by atoms with Crippen LogP contribution in [-0.4, -0.2) is 13.8 Å². The molecule has 0 aromatic carbocycles. The highest BCUT2D eigenvalue weighted by Crippen LogP contribution is 2.35. The monoisotopic (exact) mass is 290 g/mol. The fourth-order valence-corrected chi connectivity index (χ4v) is 5.78. The number of aromatic nitrogens is 1. The van der Waals surface area contributed by atoms with Gasteiger partial charge in [0, 0.05) is 11.9 Å². The minimum Gasteiger partial charge on any atom is -0.262 e. The molecule has 1 aromatic heterocycles. The van der Waals surface area contributed by atoms with Crippen LogP contribution in [0.3, 0.4) is 0 Å². The van der Waals surface area contributed by atoms with Crippen molar-refractivity contribution >= 4 is 8.80 Å². The van der Waals surface area contributed by atoms with E-state index in [9.17, 15) is 0 Å². The van der Waals surface area contributed by atoms with Gasteiger partial charge in [-0.1, -0.05) is 72.4 Å². The van der Waals surface area contributed by atoms with E-state index in [1.165, 1.54) is 43.5 Å². The normalized spacial score (nSPS) is 13.7. The van der Waals surface area contributed by atoms with Crippen LogP contribution in [-0.2, 0) is 6.04 Å². The summed E-state index contributed by atoms with van der Waals surface area (Å²) in [7, 11) is -0.416. The van der Waals surface area contributed by atoms with E-state index in [2.05, 4.69) is 51.7 Å². The number of hydrogen-bond donors (Lipinski definition) is 0. The minimum atomic E-state index is -0.416. The lowest BCUT2D eigenvalue weighted by Gasteiger charge is -2.32. The Balaban J connectivity index is 2.69. The summed E-state index contributed by atoms with van der Waals surface area (Å²) < 4.78 is 0. The molecule has 0 aliphatic rings. The Morgan fingerprint density at radius 1 is 1.20 bits per heavy atom. The average molecular weight is 291 g/mol. The van der Waals surface area contributed by atoms with Crippen LogP contribution in [0.2, 0.25) is 11.1 Å². The number of hydrogen-bond acceptors (Lipinski definition) is 1. The van der Waals surface area contributed by atoms with Gasteiger partial charge in [-0.2, -0.15) is 0 Å². The fraction of sp³-hybridized carbons (Fsp3) is 0.722. The third-order valence-corrected chi connectivity index (χ3v) is 8.24. The van der Waals surface area contributed by atoms with Crippen LogP contribution in [0.25, 0.3) is 0 Å². The first-order chi connectivity index (χ1) is 9.47. The van der Waals surface area contributed by atoms with Gasteiger partial charge in [0.25, 0.3) is 0 Å². The molecule has 0 saturated carbocycles. The molecule has 0 spiro atoms. The first kappa shape index (κ1) is 17.4. The summed E-state index contributed by atoms with van der Waals surface area (Å²) >= 11 is 0. The molecule has 0 saturated heterocycles. The standard InChI is InChI=1S/C18H32NSi/c1-6-8-11-16(7-2)14-20(18(3,4)5)15-17-12-9-10-13-19-17/h9-10,12-13,16H,6-8,11,14-15H2,1-5H3. The van der Waals surface area contributed by atoms with Crippen LogP contribution in [0.15, 0.2) is 24.4 Å².